The van der Waals surface area contributed by atoms with E-state index in [4.69, 9.17) is 4.74 Å². The van der Waals surface area contributed by atoms with Crippen LogP contribution in [-0.4, -0.2) is 61.3 Å². The molecule has 0 aromatic rings. The molecule has 2 aliphatic heterocycles. The molecule has 0 radical (unpaired) electrons. The highest BCUT2D eigenvalue weighted by Crippen LogP contribution is 2.31. The lowest BCUT2D eigenvalue weighted by molar-refractivity contribution is -0.132. The number of halogens is 3. The zero-order chi connectivity index (χ0) is 13.9. The third kappa shape index (κ3) is 3.62. The maximum absolute atomic E-state index is 13.0. The van der Waals surface area contributed by atoms with Crippen molar-refractivity contribution in [2.45, 2.75) is 19.0 Å². The Hall–Kier alpha value is -1.24. The average Bonchev–Trinajstić information content (AvgIpc) is 2.88. The first kappa shape index (κ1) is 14.2. The number of allylic oxidation sites excluding steroid dienone is 1. The summed E-state index contributed by atoms with van der Waals surface area (Å²) in [6, 6.07) is 0. The van der Waals surface area contributed by atoms with E-state index >= 15 is 0 Å². The number of rotatable bonds is 2. The summed E-state index contributed by atoms with van der Waals surface area (Å²) in [6.45, 7) is 2.18. The number of amides is 1. The Morgan fingerprint density at radius 1 is 1.00 bits per heavy atom. The molecule has 2 fully saturated rings. The summed E-state index contributed by atoms with van der Waals surface area (Å²) >= 11 is 0. The van der Waals surface area contributed by atoms with Gasteiger partial charge in [-0.3, -0.25) is 4.79 Å². The summed E-state index contributed by atoms with van der Waals surface area (Å²) < 4.78 is 44.1. The lowest BCUT2D eigenvalue weighted by Crippen LogP contribution is -2.41. The number of hydrogen-bond donors (Lipinski definition) is 0. The quantitative estimate of drug-likeness (QED) is 0.716. The van der Waals surface area contributed by atoms with Gasteiger partial charge < -0.3 is 14.5 Å². The second-order valence-corrected chi connectivity index (χ2v) is 4.66. The molecule has 0 N–H and O–H groups in total. The third-order valence-corrected chi connectivity index (χ3v) is 3.32. The highest BCUT2D eigenvalue weighted by Gasteiger charge is 2.39. The van der Waals surface area contributed by atoms with Crippen LogP contribution >= 0.6 is 0 Å². The Balaban J connectivity index is 2.12. The van der Waals surface area contributed by atoms with Crippen molar-refractivity contribution in [2.75, 3.05) is 39.4 Å². The molecule has 108 valence electrons. The highest BCUT2D eigenvalue weighted by atomic mass is 19.4. The number of morpholine rings is 1. The van der Waals surface area contributed by atoms with Crippen LogP contribution in [0.4, 0.5) is 13.2 Å². The number of nitrogens with zero attached hydrogens (tertiary/aromatic N) is 2. The molecule has 2 rings (SSSR count). The predicted molar refractivity (Wildman–Crippen MR) is 62.3 cm³/mol. The molecule has 0 aliphatic carbocycles. The Labute approximate surface area is 109 Å². The minimum Gasteiger partial charge on any atom is -0.378 e. The molecule has 0 atom stereocenters. The number of likely N-dealkylation sites (tertiary alicyclic amines) is 1. The molecular weight excluding hydrogens is 261 g/mol. The topological polar surface area (TPSA) is 32.8 Å². The number of hydrogen-bond acceptors (Lipinski definition) is 3. The summed E-state index contributed by atoms with van der Waals surface area (Å²) in [6.07, 6.45) is -2.28. The SMILES string of the molecule is O=C(/C=C(/N1CCCC1)C(F)(F)F)N1CCOCC1. The maximum atomic E-state index is 13.0. The minimum absolute atomic E-state index is 0.348. The number of ether oxygens (including phenoxy) is 1. The van der Waals surface area contributed by atoms with Crippen LogP contribution in [0.5, 0.6) is 0 Å². The third-order valence-electron chi connectivity index (χ3n) is 3.32. The first-order valence-electron chi connectivity index (χ1n) is 6.39. The van der Waals surface area contributed by atoms with Crippen molar-refractivity contribution in [1.82, 2.24) is 9.80 Å². The van der Waals surface area contributed by atoms with Gasteiger partial charge in [-0.15, -0.1) is 0 Å². The van der Waals surface area contributed by atoms with E-state index in [0.717, 1.165) is 18.9 Å². The summed E-state index contributed by atoms with van der Waals surface area (Å²) in [5.74, 6) is -0.581. The van der Waals surface area contributed by atoms with Gasteiger partial charge in [0.15, 0.2) is 0 Å². The van der Waals surface area contributed by atoms with Gasteiger partial charge in [-0.2, -0.15) is 13.2 Å². The van der Waals surface area contributed by atoms with Crippen molar-refractivity contribution < 1.29 is 22.7 Å². The van der Waals surface area contributed by atoms with Crippen LogP contribution < -0.4 is 0 Å². The van der Waals surface area contributed by atoms with Crippen LogP contribution in [0, 0.1) is 0 Å². The standard InChI is InChI=1S/C12H17F3N2O2/c13-12(14,15)10(16-3-1-2-4-16)9-11(18)17-5-7-19-8-6-17/h9H,1-8H2/b10-9+. The molecule has 2 heterocycles. The van der Waals surface area contributed by atoms with Crippen molar-refractivity contribution in [3.63, 3.8) is 0 Å². The average molecular weight is 278 g/mol. The van der Waals surface area contributed by atoms with Crippen molar-refractivity contribution in [2.24, 2.45) is 0 Å². The normalized spacial score (nSPS) is 21.9. The molecule has 4 nitrogen and oxygen atoms in total. The molecule has 0 aromatic heterocycles. The van der Waals surface area contributed by atoms with Crippen LogP contribution in [0.1, 0.15) is 12.8 Å². The van der Waals surface area contributed by atoms with Crippen molar-refractivity contribution in [3.05, 3.63) is 11.8 Å². The van der Waals surface area contributed by atoms with Crippen LogP contribution in [0.25, 0.3) is 0 Å². The first-order chi connectivity index (χ1) is 8.98. The highest BCUT2D eigenvalue weighted by molar-refractivity contribution is 5.88. The molecule has 2 aliphatic rings. The fraction of sp³-hybridized carbons (Fsp3) is 0.750. The molecule has 0 spiro atoms. The van der Waals surface area contributed by atoms with Gasteiger partial charge in [-0.1, -0.05) is 0 Å². The van der Waals surface area contributed by atoms with Gasteiger partial charge >= 0.3 is 6.18 Å². The summed E-state index contributed by atoms with van der Waals surface area (Å²) in [4.78, 5) is 14.5. The van der Waals surface area contributed by atoms with Crippen LogP contribution in [-0.2, 0) is 9.53 Å². The number of carbonyl (C=O) groups is 1. The molecule has 0 bridgehead atoms. The van der Waals surface area contributed by atoms with Gasteiger partial charge in [0.2, 0.25) is 5.91 Å². The van der Waals surface area contributed by atoms with E-state index in [9.17, 15) is 18.0 Å². The van der Waals surface area contributed by atoms with Gasteiger partial charge in [0.25, 0.3) is 0 Å². The monoisotopic (exact) mass is 278 g/mol. The van der Waals surface area contributed by atoms with Gasteiger partial charge in [0, 0.05) is 32.3 Å². The van der Waals surface area contributed by atoms with Gasteiger partial charge in [0.05, 0.1) is 13.2 Å². The molecule has 0 saturated carbocycles. The molecular formula is C12H17F3N2O2. The number of alkyl halides is 3. The fourth-order valence-electron chi connectivity index (χ4n) is 2.30. The van der Waals surface area contributed by atoms with E-state index < -0.39 is 17.8 Å². The van der Waals surface area contributed by atoms with E-state index in [1.807, 2.05) is 0 Å². The van der Waals surface area contributed by atoms with Crippen molar-refractivity contribution in [1.29, 1.82) is 0 Å². The zero-order valence-corrected chi connectivity index (χ0v) is 10.6. The van der Waals surface area contributed by atoms with Crippen LogP contribution in [0.3, 0.4) is 0 Å². The Morgan fingerprint density at radius 2 is 1.58 bits per heavy atom. The van der Waals surface area contributed by atoms with Crippen molar-refractivity contribution >= 4 is 5.91 Å². The molecule has 2 saturated heterocycles. The van der Waals surface area contributed by atoms with E-state index in [1.54, 1.807) is 0 Å². The molecule has 0 unspecified atom stereocenters. The van der Waals surface area contributed by atoms with E-state index in [0.29, 0.717) is 39.4 Å². The van der Waals surface area contributed by atoms with Gasteiger partial charge in [0.1, 0.15) is 5.70 Å². The largest absolute Gasteiger partial charge is 0.431 e. The molecule has 7 heteroatoms. The fourth-order valence-corrected chi connectivity index (χ4v) is 2.30. The summed E-state index contributed by atoms with van der Waals surface area (Å²) in [5, 5.41) is 0. The first-order valence-corrected chi connectivity index (χ1v) is 6.39. The Kier molecular flexibility index (Phi) is 4.34. The maximum Gasteiger partial charge on any atom is 0.431 e. The van der Waals surface area contributed by atoms with Crippen LogP contribution in [0.15, 0.2) is 11.8 Å². The second kappa shape index (κ2) is 5.81. The predicted octanol–water partition coefficient (Wildman–Crippen LogP) is 1.39. The molecule has 1 amide bonds. The lowest BCUT2D eigenvalue weighted by Gasteiger charge is -2.28. The van der Waals surface area contributed by atoms with E-state index in [2.05, 4.69) is 0 Å². The zero-order valence-electron chi connectivity index (χ0n) is 10.6. The summed E-state index contributed by atoms with van der Waals surface area (Å²) in [5.41, 5.74) is -0.818. The minimum atomic E-state index is -4.48. The lowest BCUT2D eigenvalue weighted by atomic mass is 10.3. The Bertz CT molecular complexity index is 356. The van der Waals surface area contributed by atoms with Crippen molar-refractivity contribution in [3.8, 4) is 0 Å². The molecule has 19 heavy (non-hydrogen) atoms. The summed E-state index contributed by atoms with van der Waals surface area (Å²) in [7, 11) is 0. The van der Waals surface area contributed by atoms with Gasteiger partial charge in [-0.25, -0.2) is 0 Å². The smallest absolute Gasteiger partial charge is 0.378 e. The Morgan fingerprint density at radius 3 is 2.11 bits per heavy atom. The molecule has 0 aromatic carbocycles. The van der Waals surface area contributed by atoms with E-state index in [-0.39, 0.29) is 0 Å². The van der Waals surface area contributed by atoms with Crippen LogP contribution in [0.2, 0.25) is 0 Å². The number of carbonyl (C=O) groups excluding carboxylic acids is 1. The second-order valence-electron chi connectivity index (χ2n) is 4.66. The van der Waals surface area contributed by atoms with Gasteiger partial charge in [-0.05, 0) is 12.8 Å². The van der Waals surface area contributed by atoms with E-state index in [1.165, 1.54) is 9.80 Å².